The van der Waals surface area contributed by atoms with Crippen LogP contribution in [0.15, 0.2) is 142 Å². The summed E-state index contributed by atoms with van der Waals surface area (Å²) in [7, 11) is 0. The molecular formula is C45H42N6O4S. The van der Waals surface area contributed by atoms with Gasteiger partial charge in [-0.15, -0.1) is 11.8 Å². The number of hydrogen-bond donors (Lipinski definition) is 2. The van der Waals surface area contributed by atoms with Crippen molar-refractivity contribution in [1.82, 2.24) is 19.6 Å². The predicted molar refractivity (Wildman–Crippen MR) is 228 cm³/mol. The molecule has 0 fully saturated rings. The number of fused-ring (bicyclic) bond motifs is 1. The molecule has 5 aromatic carbocycles. The van der Waals surface area contributed by atoms with Crippen LogP contribution in [0, 0.1) is 0 Å². The quantitative estimate of drug-likeness (QED) is 0.0978. The highest BCUT2D eigenvalue weighted by atomic mass is 32.2. The van der Waals surface area contributed by atoms with Crippen molar-refractivity contribution >= 4 is 56.9 Å². The summed E-state index contributed by atoms with van der Waals surface area (Å²) in [5, 5.41) is 17.4. The zero-order chi connectivity index (χ0) is 39.8. The normalized spacial score (nSPS) is 10.7. The molecule has 10 nitrogen and oxygen atoms in total. The summed E-state index contributed by atoms with van der Waals surface area (Å²) in [5.41, 5.74) is 4.63. The summed E-state index contributed by atoms with van der Waals surface area (Å²) in [4.78, 5) is 52.3. The van der Waals surface area contributed by atoms with Gasteiger partial charge in [-0.25, -0.2) is 9.36 Å². The van der Waals surface area contributed by atoms with Crippen LogP contribution in [-0.2, 0) is 13.1 Å². The fourth-order valence-corrected chi connectivity index (χ4v) is 6.78. The van der Waals surface area contributed by atoms with Crippen LogP contribution in [0.5, 0.6) is 0 Å². The van der Waals surface area contributed by atoms with Crippen molar-refractivity contribution in [3.05, 3.63) is 159 Å². The number of rotatable bonds is 11. The maximum atomic E-state index is 13.1. The second kappa shape index (κ2) is 17.7. The van der Waals surface area contributed by atoms with Gasteiger partial charge in [0.1, 0.15) is 22.8 Å². The number of nitrogens with zero attached hydrogens (tertiary/aromatic N) is 4. The number of carbonyl (C=O) groups is 2. The number of thioether (sulfide) groups is 1. The van der Waals surface area contributed by atoms with Gasteiger partial charge in [0.15, 0.2) is 11.6 Å². The van der Waals surface area contributed by atoms with E-state index in [0.29, 0.717) is 35.6 Å². The minimum absolute atomic E-state index is 0.204. The van der Waals surface area contributed by atoms with E-state index in [-0.39, 0.29) is 34.1 Å². The van der Waals surface area contributed by atoms with Gasteiger partial charge in [0.05, 0.1) is 11.1 Å². The molecule has 0 aliphatic rings. The van der Waals surface area contributed by atoms with E-state index < -0.39 is 0 Å². The standard InChI is InChI=1S/C24H21N3O2.C21H21N3O2S/c1-3-27-24(29)23(25-20-15-9-13-17-10-7-8-14-19(17)20)21(16(2)28)22(26-27)18-11-5-4-6-12-18;1-4-24-21(26)20(22-16-10-12-17(27-3)13-11-16)18(14(2)25)19(23-24)15-8-6-5-7-9-15/h4-15,25H,3H2,1-2H3;5-13,22H,4H2,1-3H3. The topological polar surface area (TPSA) is 128 Å². The van der Waals surface area contributed by atoms with Crippen LogP contribution in [0.1, 0.15) is 48.4 Å². The van der Waals surface area contributed by atoms with Gasteiger partial charge in [0.25, 0.3) is 11.1 Å². The number of nitrogens with one attached hydrogen (secondary N) is 2. The van der Waals surface area contributed by atoms with E-state index in [1.807, 2.05) is 147 Å². The van der Waals surface area contributed by atoms with Gasteiger partial charge in [-0.3, -0.25) is 19.2 Å². The van der Waals surface area contributed by atoms with E-state index in [0.717, 1.165) is 38.2 Å². The molecule has 11 heteroatoms. The molecule has 0 aliphatic carbocycles. The number of aromatic nitrogens is 4. The third-order valence-corrected chi connectivity index (χ3v) is 9.86. The van der Waals surface area contributed by atoms with Crippen LogP contribution >= 0.6 is 11.8 Å². The molecule has 282 valence electrons. The lowest BCUT2D eigenvalue weighted by Gasteiger charge is -2.17. The van der Waals surface area contributed by atoms with Gasteiger partial charge >= 0.3 is 0 Å². The monoisotopic (exact) mass is 762 g/mol. The molecule has 0 saturated carbocycles. The first-order chi connectivity index (χ1) is 27.1. The Labute approximate surface area is 329 Å². The van der Waals surface area contributed by atoms with Crippen molar-refractivity contribution in [2.75, 3.05) is 16.9 Å². The van der Waals surface area contributed by atoms with Gasteiger partial charge in [0.2, 0.25) is 0 Å². The molecule has 0 atom stereocenters. The Morgan fingerprint density at radius 2 is 1.05 bits per heavy atom. The predicted octanol–water partition coefficient (Wildman–Crippen LogP) is 9.63. The minimum Gasteiger partial charge on any atom is -0.350 e. The van der Waals surface area contributed by atoms with E-state index in [9.17, 15) is 19.2 Å². The zero-order valence-electron chi connectivity index (χ0n) is 31.9. The van der Waals surface area contributed by atoms with Crippen LogP contribution in [0.4, 0.5) is 22.7 Å². The number of benzene rings is 5. The van der Waals surface area contributed by atoms with Crippen LogP contribution in [0.2, 0.25) is 0 Å². The SMILES string of the molecule is CCn1nc(-c2ccccc2)c(C(C)=O)c(Nc2ccc(SC)cc2)c1=O.CCn1nc(-c2ccccc2)c(C(C)=O)c(Nc2cccc3ccccc23)c1=O. The summed E-state index contributed by atoms with van der Waals surface area (Å²) in [6, 6.07) is 40.4. The third-order valence-electron chi connectivity index (χ3n) is 9.12. The third kappa shape index (κ3) is 8.38. The Balaban J connectivity index is 0.000000190. The molecule has 2 aromatic heterocycles. The van der Waals surface area contributed by atoms with E-state index in [4.69, 9.17) is 0 Å². The summed E-state index contributed by atoms with van der Waals surface area (Å²) < 4.78 is 2.77. The highest BCUT2D eigenvalue weighted by Gasteiger charge is 2.23. The van der Waals surface area contributed by atoms with E-state index in [1.54, 1.807) is 11.8 Å². The highest BCUT2D eigenvalue weighted by Crippen LogP contribution is 2.31. The molecule has 0 saturated heterocycles. The number of aryl methyl sites for hydroxylation is 2. The van der Waals surface area contributed by atoms with Gasteiger partial charge in [-0.2, -0.15) is 10.2 Å². The average Bonchev–Trinajstić information content (AvgIpc) is 3.23. The summed E-state index contributed by atoms with van der Waals surface area (Å²) >= 11 is 1.64. The fourth-order valence-electron chi connectivity index (χ4n) is 6.37. The lowest BCUT2D eigenvalue weighted by atomic mass is 10.0. The highest BCUT2D eigenvalue weighted by molar-refractivity contribution is 7.98. The molecular weight excluding hydrogens is 721 g/mol. The Kier molecular flexibility index (Phi) is 12.4. The van der Waals surface area contributed by atoms with E-state index in [1.165, 1.54) is 23.2 Å². The van der Waals surface area contributed by atoms with E-state index in [2.05, 4.69) is 20.8 Å². The van der Waals surface area contributed by atoms with Crippen LogP contribution in [0.3, 0.4) is 0 Å². The summed E-state index contributed by atoms with van der Waals surface area (Å²) in [5.74, 6) is -0.413. The van der Waals surface area contributed by atoms with Gasteiger partial charge in [-0.05, 0) is 69.7 Å². The summed E-state index contributed by atoms with van der Waals surface area (Å²) in [6.45, 7) is 7.46. The molecule has 2 N–H and O–H groups in total. The number of Topliss-reactive ketones (excluding diaryl/α,β-unsaturated/α-hetero) is 2. The number of ketones is 2. The molecule has 7 rings (SSSR count). The number of carbonyl (C=O) groups excluding carboxylic acids is 2. The molecule has 0 aliphatic heterocycles. The number of hydrogen-bond acceptors (Lipinski definition) is 9. The first kappa shape index (κ1) is 39.1. The van der Waals surface area contributed by atoms with Gasteiger partial charge < -0.3 is 10.6 Å². The molecule has 0 spiro atoms. The lowest BCUT2D eigenvalue weighted by Crippen LogP contribution is -2.28. The first-order valence-electron chi connectivity index (χ1n) is 18.2. The van der Waals surface area contributed by atoms with Crippen molar-refractivity contribution in [1.29, 1.82) is 0 Å². The molecule has 7 aromatic rings. The van der Waals surface area contributed by atoms with Crippen molar-refractivity contribution in [3.63, 3.8) is 0 Å². The van der Waals surface area contributed by atoms with Crippen LogP contribution < -0.4 is 21.8 Å². The Morgan fingerprint density at radius 3 is 1.54 bits per heavy atom. The van der Waals surface area contributed by atoms with E-state index >= 15 is 0 Å². The van der Waals surface area contributed by atoms with Crippen molar-refractivity contribution in [3.8, 4) is 22.5 Å². The molecule has 2 heterocycles. The number of anilines is 4. The van der Waals surface area contributed by atoms with Crippen molar-refractivity contribution in [2.45, 2.75) is 45.7 Å². The Hall–Kier alpha value is -6.59. The molecule has 0 unspecified atom stereocenters. The van der Waals surface area contributed by atoms with Crippen LogP contribution in [0.25, 0.3) is 33.3 Å². The fraction of sp³-hybridized carbons (Fsp3) is 0.156. The largest absolute Gasteiger partial charge is 0.350 e. The summed E-state index contributed by atoms with van der Waals surface area (Å²) in [6.07, 6.45) is 2.01. The smallest absolute Gasteiger partial charge is 0.291 e. The maximum absolute atomic E-state index is 13.1. The minimum atomic E-state index is -0.315. The molecule has 0 radical (unpaired) electrons. The Morgan fingerprint density at radius 1 is 0.589 bits per heavy atom. The molecule has 0 amide bonds. The molecule has 56 heavy (non-hydrogen) atoms. The molecule has 0 bridgehead atoms. The van der Waals surface area contributed by atoms with Crippen LogP contribution in [-0.4, -0.2) is 37.4 Å². The maximum Gasteiger partial charge on any atom is 0.291 e. The first-order valence-corrected chi connectivity index (χ1v) is 19.5. The second-order valence-corrected chi connectivity index (χ2v) is 13.7. The van der Waals surface area contributed by atoms with Gasteiger partial charge in [0, 0.05) is 45.9 Å². The second-order valence-electron chi connectivity index (χ2n) is 12.8. The van der Waals surface area contributed by atoms with Gasteiger partial charge in [-0.1, -0.05) is 97.1 Å². The van der Waals surface area contributed by atoms with Crippen molar-refractivity contribution < 1.29 is 9.59 Å². The van der Waals surface area contributed by atoms with Crippen molar-refractivity contribution in [2.24, 2.45) is 0 Å². The lowest BCUT2D eigenvalue weighted by molar-refractivity contribution is 0.101. The average molecular weight is 763 g/mol. The zero-order valence-corrected chi connectivity index (χ0v) is 32.7. The Bertz CT molecular complexity index is 2640.